The van der Waals surface area contributed by atoms with Crippen molar-refractivity contribution in [3.8, 4) is 0 Å². The lowest BCUT2D eigenvalue weighted by Crippen LogP contribution is -2.48. The quantitative estimate of drug-likeness (QED) is 0.324. The van der Waals surface area contributed by atoms with Crippen molar-refractivity contribution in [1.29, 1.82) is 0 Å². The number of benzene rings is 1. The van der Waals surface area contributed by atoms with Crippen LogP contribution < -0.4 is 10.6 Å². The Labute approximate surface area is 197 Å². The van der Waals surface area contributed by atoms with E-state index in [4.69, 9.17) is 4.99 Å². The highest BCUT2D eigenvalue weighted by Crippen LogP contribution is 2.15. The van der Waals surface area contributed by atoms with E-state index in [-0.39, 0.29) is 47.9 Å². The van der Waals surface area contributed by atoms with Crippen molar-refractivity contribution >= 4 is 41.8 Å². The van der Waals surface area contributed by atoms with Crippen LogP contribution >= 0.6 is 24.0 Å². The molecule has 1 aromatic rings. The molecule has 0 radical (unpaired) electrons. The molecule has 2 amide bonds. The lowest BCUT2D eigenvalue weighted by molar-refractivity contribution is -0.128. The van der Waals surface area contributed by atoms with Gasteiger partial charge in [0.1, 0.15) is 0 Å². The average Bonchev–Trinajstić information content (AvgIpc) is 3.02. The Kier molecular flexibility index (Phi) is 10.6. The number of nitrogens with zero attached hydrogens (tertiary/aromatic N) is 3. The van der Waals surface area contributed by atoms with Gasteiger partial charge in [0.15, 0.2) is 5.96 Å². The van der Waals surface area contributed by atoms with Gasteiger partial charge in [-0.1, -0.05) is 24.3 Å². The van der Waals surface area contributed by atoms with E-state index >= 15 is 0 Å². The summed E-state index contributed by atoms with van der Waals surface area (Å²) in [4.78, 5) is 32.5. The Hall–Kier alpha value is -1.84. The molecule has 0 unspecified atom stereocenters. The average molecular weight is 529 g/mol. The summed E-state index contributed by atoms with van der Waals surface area (Å²) in [5.74, 6) is 0.887. The van der Waals surface area contributed by atoms with Gasteiger partial charge in [0.25, 0.3) is 0 Å². The fraction of sp³-hybridized carbons (Fsp3) is 0.591. The Morgan fingerprint density at radius 1 is 1.27 bits per heavy atom. The number of carbonyl (C=O) groups is 2. The normalized spacial score (nSPS) is 14.4. The van der Waals surface area contributed by atoms with Crippen LogP contribution in [0.1, 0.15) is 51.7 Å². The van der Waals surface area contributed by atoms with Crippen LogP contribution in [-0.2, 0) is 22.7 Å². The molecule has 0 spiro atoms. The molecule has 0 bridgehead atoms. The van der Waals surface area contributed by atoms with Crippen LogP contribution in [0.25, 0.3) is 0 Å². The predicted molar refractivity (Wildman–Crippen MR) is 132 cm³/mol. The van der Waals surface area contributed by atoms with Crippen LogP contribution in [0.4, 0.5) is 0 Å². The number of guanidine groups is 1. The third-order valence-electron chi connectivity index (χ3n) is 4.54. The van der Waals surface area contributed by atoms with Crippen molar-refractivity contribution in [2.45, 2.75) is 59.2 Å². The van der Waals surface area contributed by atoms with Gasteiger partial charge >= 0.3 is 0 Å². The molecule has 0 saturated carbocycles. The number of hydrogen-bond acceptors (Lipinski definition) is 3. The molecule has 0 atom stereocenters. The van der Waals surface area contributed by atoms with Crippen LogP contribution in [0.2, 0.25) is 0 Å². The molecule has 0 aromatic heterocycles. The summed E-state index contributed by atoms with van der Waals surface area (Å²) in [6, 6.07) is 8.20. The summed E-state index contributed by atoms with van der Waals surface area (Å²) in [6.45, 7) is 10.9. The molecule has 7 nitrogen and oxygen atoms in total. The first-order valence-corrected chi connectivity index (χ1v) is 10.3. The van der Waals surface area contributed by atoms with Gasteiger partial charge in [-0.25, -0.2) is 4.99 Å². The topological polar surface area (TPSA) is 77.0 Å². The van der Waals surface area contributed by atoms with Crippen LogP contribution in [0.5, 0.6) is 0 Å². The SMILES string of the molecule is CCNC(=NCc1cccc(CN2CCCC2=O)c1)N(C)CC(=O)NC(C)(C)C.I. The summed E-state index contributed by atoms with van der Waals surface area (Å²) >= 11 is 0. The van der Waals surface area contributed by atoms with Gasteiger partial charge in [0.2, 0.25) is 11.8 Å². The maximum Gasteiger partial charge on any atom is 0.240 e. The molecule has 0 aliphatic carbocycles. The van der Waals surface area contributed by atoms with E-state index in [1.165, 1.54) is 0 Å². The summed E-state index contributed by atoms with van der Waals surface area (Å²) in [5, 5.41) is 6.21. The van der Waals surface area contributed by atoms with Crippen LogP contribution in [0.15, 0.2) is 29.3 Å². The molecule has 1 saturated heterocycles. The first-order chi connectivity index (χ1) is 13.7. The second-order valence-corrected chi connectivity index (χ2v) is 8.56. The van der Waals surface area contributed by atoms with Crippen molar-refractivity contribution in [2.24, 2.45) is 4.99 Å². The van der Waals surface area contributed by atoms with E-state index in [0.717, 1.165) is 30.6 Å². The molecule has 2 rings (SSSR count). The zero-order valence-electron chi connectivity index (χ0n) is 18.8. The number of hydrogen-bond donors (Lipinski definition) is 2. The highest BCUT2D eigenvalue weighted by molar-refractivity contribution is 14.0. The van der Waals surface area contributed by atoms with Crippen molar-refractivity contribution in [2.75, 3.05) is 26.7 Å². The standard InChI is InChI=1S/C22H35N5O2.HI/c1-6-23-21(26(5)16-19(28)25-22(2,3)4)24-14-17-9-7-10-18(13-17)15-27-12-8-11-20(27)29;/h7,9-10,13H,6,8,11-12,14-16H2,1-5H3,(H,23,24)(H,25,28);1H. The minimum atomic E-state index is -0.259. The Morgan fingerprint density at radius 3 is 2.57 bits per heavy atom. The van der Waals surface area contributed by atoms with Gasteiger partial charge in [-0.15, -0.1) is 24.0 Å². The number of halogens is 1. The number of likely N-dealkylation sites (tertiary alicyclic amines) is 1. The number of carbonyl (C=O) groups excluding carboxylic acids is 2. The number of aliphatic imine (C=N–C) groups is 1. The minimum absolute atomic E-state index is 0. The number of rotatable bonds is 7. The van der Waals surface area contributed by atoms with Gasteiger partial charge in [-0.3, -0.25) is 9.59 Å². The van der Waals surface area contributed by atoms with Gasteiger partial charge in [0, 0.05) is 38.6 Å². The third-order valence-corrected chi connectivity index (χ3v) is 4.54. The molecule has 30 heavy (non-hydrogen) atoms. The van der Waals surface area contributed by atoms with Crippen molar-refractivity contribution in [3.05, 3.63) is 35.4 Å². The molecular weight excluding hydrogens is 493 g/mol. The lowest BCUT2D eigenvalue weighted by atomic mass is 10.1. The smallest absolute Gasteiger partial charge is 0.240 e. The molecule has 1 aliphatic rings. The first-order valence-electron chi connectivity index (χ1n) is 10.3. The molecule has 168 valence electrons. The number of likely N-dealkylation sites (N-methyl/N-ethyl adjacent to an activating group) is 1. The Morgan fingerprint density at radius 2 is 1.97 bits per heavy atom. The first kappa shape index (κ1) is 26.2. The summed E-state index contributed by atoms with van der Waals surface area (Å²) in [7, 11) is 1.86. The molecule has 1 heterocycles. The number of nitrogens with one attached hydrogen (secondary N) is 2. The van der Waals surface area contributed by atoms with E-state index in [1.54, 1.807) is 0 Å². The lowest BCUT2D eigenvalue weighted by Gasteiger charge is -2.25. The molecular formula is C22H36IN5O2. The largest absolute Gasteiger partial charge is 0.357 e. The van der Waals surface area contributed by atoms with E-state index < -0.39 is 0 Å². The molecule has 8 heteroatoms. The fourth-order valence-electron chi connectivity index (χ4n) is 3.30. The maximum absolute atomic E-state index is 12.2. The second kappa shape index (κ2) is 12.1. The number of amides is 2. The molecule has 1 aromatic carbocycles. The van der Waals surface area contributed by atoms with Crippen LogP contribution in [0.3, 0.4) is 0 Å². The fourth-order valence-corrected chi connectivity index (χ4v) is 3.30. The minimum Gasteiger partial charge on any atom is -0.357 e. The highest BCUT2D eigenvalue weighted by Gasteiger charge is 2.20. The van der Waals surface area contributed by atoms with Gasteiger partial charge in [-0.2, -0.15) is 0 Å². The predicted octanol–water partition coefficient (Wildman–Crippen LogP) is 2.74. The molecule has 1 fully saturated rings. The van der Waals surface area contributed by atoms with Crippen LogP contribution in [0, 0.1) is 0 Å². The monoisotopic (exact) mass is 529 g/mol. The zero-order chi connectivity index (χ0) is 21.4. The van der Waals surface area contributed by atoms with Crippen LogP contribution in [-0.4, -0.2) is 59.8 Å². The van der Waals surface area contributed by atoms with E-state index in [1.807, 2.05) is 62.7 Å². The van der Waals surface area contributed by atoms with Gasteiger partial charge in [0.05, 0.1) is 13.1 Å². The third kappa shape index (κ3) is 8.89. The highest BCUT2D eigenvalue weighted by atomic mass is 127. The second-order valence-electron chi connectivity index (χ2n) is 8.56. The van der Waals surface area contributed by atoms with Crippen molar-refractivity contribution in [3.63, 3.8) is 0 Å². The summed E-state index contributed by atoms with van der Waals surface area (Å²) < 4.78 is 0. The molecule has 1 aliphatic heterocycles. The Bertz CT molecular complexity index is 745. The summed E-state index contributed by atoms with van der Waals surface area (Å²) in [5.41, 5.74) is 1.94. The zero-order valence-corrected chi connectivity index (χ0v) is 21.2. The van der Waals surface area contributed by atoms with E-state index in [2.05, 4.69) is 16.7 Å². The van der Waals surface area contributed by atoms with Crippen molar-refractivity contribution in [1.82, 2.24) is 20.4 Å². The van der Waals surface area contributed by atoms with Gasteiger partial charge in [-0.05, 0) is 45.2 Å². The Balaban J connectivity index is 0.00000450. The van der Waals surface area contributed by atoms with Crippen molar-refractivity contribution < 1.29 is 9.59 Å². The van der Waals surface area contributed by atoms with Gasteiger partial charge < -0.3 is 20.4 Å². The molecule has 2 N–H and O–H groups in total. The van der Waals surface area contributed by atoms with E-state index in [9.17, 15) is 9.59 Å². The maximum atomic E-state index is 12.2. The summed E-state index contributed by atoms with van der Waals surface area (Å²) in [6.07, 6.45) is 1.61. The van der Waals surface area contributed by atoms with E-state index in [0.29, 0.717) is 25.5 Å².